The van der Waals surface area contributed by atoms with Gasteiger partial charge in [-0.25, -0.2) is 0 Å². The molecular weight excluding hydrogens is 308 g/mol. The van der Waals surface area contributed by atoms with Crippen molar-refractivity contribution in [2.75, 3.05) is 11.1 Å². The number of hydrogen-bond acceptors (Lipinski definition) is 4. The number of benzene rings is 2. The highest BCUT2D eigenvalue weighted by molar-refractivity contribution is 7.99. The van der Waals surface area contributed by atoms with Crippen molar-refractivity contribution in [3.8, 4) is 0 Å². The van der Waals surface area contributed by atoms with E-state index in [-0.39, 0.29) is 11.7 Å². The number of halogens is 1. The monoisotopic (exact) mass is 320 g/mol. The molecule has 108 valence electrons. The number of nitro groups is 1. The molecule has 0 saturated heterocycles. The standard InChI is InChI=1S/C15H13ClN2O2S/c16-10-1-6-15-13(9-10)14(7-8-21-15)17-11-2-4-12(5-3-11)18(19)20/h1-6,9,14,17H,7-8H2. The molecule has 0 fully saturated rings. The number of non-ortho nitro benzene ring substituents is 1. The summed E-state index contributed by atoms with van der Waals surface area (Å²) in [5.41, 5.74) is 2.17. The first kappa shape index (κ1) is 14.2. The van der Waals surface area contributed by atoms with Crippen molar-refractivity contribution >= 4 is 34.7 Å². The predicted octanol–water partition coefficient (Wildman–Crippen LogP) is 4.90. The molecule has 6 heteroatoms. The summed E-state index contributed by atoms with van der Waals surface area (Å²) in [5.74, 6) is 1.04. The molecule has 0 amide bonds. The van der Waals surface area contributed by atoms with Crippen molar-refractivity contribution in [3.05, 3.63) is 63.2 Å². The molecule has 0 aliphatic carbocycles. The van der Waals surface area contributed by atoms with Gasteiger partial charge in [0.1, 0.15) is 0 Å². The maximum absolute atomic E-state index is 10.7. The molecule has 3 rings (SSSR count). The number of nitrogens with one attached hydrogen (secondary N) is 1. The fourth-order valence-electron chi connectivity index (χ4n) is 2.40. The predicted molar refractivity (Wildman–Crippen MR) is 86.3 cm³/mol. The molecule has 1 heterocycles. The van der Waals surface area contributed by atoms with Crippen LogP contribution in [0.2, 0.25) is 5.02 Å². The number of thioether (sulfide) groups is 1. The van der Waals surface area contributed by atoms with Gasteiger partial charge in [0, 0.05) is 33.5 Å². The highest BCUT2D eigenvalue weighted by atomic mass is 35.5. The molecule has 1 unspecified atom stereocenters. The largest absolute Gasteiger partial charge is 0.378 e. The van der Waals surface area contributed by atoms with Crippen LogP contribution in [0.5, 0.6) is 0 Å². The summed E-state index contributed by atoms with van der Waals surface area (Å²) < 4.78 is 0. The van der Waals surface area contributed by atoms with E-state index in [1.165, 1.54) is 22.6 Å². The highest BCUT2D eigenvalue weighted by Gasteiger charge is 2.21. The SMILES string of the molecule is O=[N+]([O-])c1ccc(NC2CCSc3ccc(Cl)cc32)cc1. The Hall–Kier alpha value is -1.72. The van der Waals surface area contributed by atoms with Gasteiger partial charge < -0.3 is 5.32 Å². The second-order valence-corrected chi connectivity index (χ2v) is 6.39. The Morgan fingerprint density at radius 3 is 2.71 bits per heavy atom. The molecular formula is C15H13ClN2O2S. The summed E-state index contributed by atoms with van der Waals surface area (Å²) in [6.45, 7) is 0. The maximum atomic E-state index is 10.7. The average molecular weight is 321 g/mol. The van der Waals surface area contributed by atoms with Gasteiger partial charge in [0.25, 0.3) is 5.69 Å². The molecule has 0 radical (unpaired) electrons. The van der Waals surface area contributed by atoms with E-state index < -0.39 is 4.92 Å². The van der Waals surface area contributed by atoms with E-state index in [2.05, 4.69) is 5.32 Å². The van der Waals surface area contributed by atoms with Crippen molar-refractivity contribution in [2.24, 2.45) is 0 Å². The van der Waals surface area contributed by atoms with Crippen LogP contribution >= 0.6 is 23.4 Å². The number of fused-ring (bicyclic) bond motifs is 1. The van der Waals surface area contributed by atoms with Crippen LogP contribution in [0.15, 0.2) is 47.4 Å². The van der Waals surface area contributed by atoms with Crippen LogP contribution in [0.4, 0.5) is 11.4 Å². The lowest BCUT2D eigenvalue weighted by Crippen LogP contribution is -2.16. The lowest BCUT2D eigenvalue weighted by atomic mass is 10.0. The molecule has 1 N–H and O–H groups in total. The van der Waals surface area contributed by atoms with Gasteiger partial charge in [0.15, 0.2) is 0 Å². The summed E-state index contributed by atoms with van der Waals surface area (Å²) in [5, 5.41) is 14.8. The van der Waals surface area contributed by atoms with E-state index in [0.717, 1.165) is 22.9 Å². The number of anilines is 1. The van der Waals surface area contributed by atoms with Gasteiger partial charge in [-0.1, -0.05) is 11.6 Å². The van der Waals surface area contributed by atoms with Crippen LogP contribution < -0.4 is 5.32 Å². The minimum atomic E-state index is -0.393. The lowest BCUT2D eigenvalue weighted by molar-refractivity contribution is -0.384. The van der Waals surface area contributed by atoms with Crippen LogP contribution in [0.25, 0.3) is 0 Å². The van der Waals surface area contributed by atoms with Crippen molar-refractivity contribution < 1.29 is 4.92 Å². The summed E-state index contributed by atoms with van der Waals surface area (Å²) in [7, 11) is 0. The van der Waals surface area contributed by atoms with Gasteiger partial charge in [-0.2, -0.15) is 0 Å². The second kappa shape index (κ2) is 5.95. The first-order chi connectivity index (χ1) is 10.1. The quantitative estimate of drug-likeness (QED) is 0.645. The van der Waals surface area contributed by atoms with E-state index in [0.29, 0.717) is 0 Å². The molecule has 0 aromatic heterocycles. The Morgan fingerprint density at radius 2 is 2.00 bits per heavy atom. The average Bonchev–Trinajstić information content (AvgIpc) is 2.48. The Labute approximate surface area is 131 Å². The maximum Gasteiger partial charge on any atom is 0.269 e. The van der Waals surface area contributed by atoms with Crippen LogP contribution in [0.3, 0.4) is 0 Å². The molecule has 0 saturated carbocycles. The molecule has 0 spiro atoms. The zero-order valence-electron chi connectivity index (χ0n) is 11.1. The van der Waals surface area contributed by atoms with Crippen LogP contribution in [-0.4, -0.2) is 10.7 Å². The Kier molecular flexibility index (Phi) is 4.03. The number of hydrogen-bond donors (Lipinski definition) is 1. The van der Waals surface area contributed by atoms with E-state index in [1.54, 1.807) is 12.1 Å². The fraction of sp³-hybridized carbons (Fsp3) is 0.200. The van der Waals surface area contributed by atoms with Crippen molar-refractivity contribution in [3.63, 3.8) is 0 Å². The van der Waals surface area contributed by atoms with E-state index in [1.807, 2.05) is 30.0 Å². The normalized spacial score (nSPS) is 17.1. The molecule has 0 bridgehead atoms. The Morgan fingerprint density at radius 1 is 1.24 bits per heavy atom. The van der Waals surface area contributed by atoms with Gasteiger partial charge in [-0.15, -0.1) is 11.8 Å². The highest BCUT2D eigenvalue weighted by Crippen LogP contribution is 2.39. The van der Waals surface area contributed by atoms with Crippen LogP contribution in [-0.2, 0) is 0 Å². The topological polar surface area (TPSA) is 55.2 Å². The van der Waals surface area contributed by atoms with Gasteiger partial charge >= 0.3 is 0 Å². The molecule has 2 aromatic carbocycles. The minimum absolute atomic E-state index is 0.100. The summed E-state index contributed by atoms with van der Waals surface area (Å²) in [6.07, 6.45) is 0.995. The van der Waals surface area contributed by atoms with Gasteiger partial charge in [-0.05, 0) is 42.3 Å². The van der Waals surface area contributed by atoms with Gasteiger partial charge in [0.05, 0.1) is 11.0 Å². The number of rotatable bonds is 3. The van der Waals surface area contributed by atoms with E-state index in [9.17, 15) is 10.1 Å². The first-order valence-corrected chi connectivity index (χ1v) is 7.93. The van der Waals surface area contributed by atoms with E-state index in [4.69, 9.17) is 11.6 Å². The molecule has 1 atom stereocenters. The third-order valence-corrected chi connectivity index (χ3v) is 4.79. The van der Waals surface area contributed by atoms with Crippen LogP contribution in [0.1, 0.15) is 18.0 Å². The van der Waals surface area contributed by atoms with Crippen molar-refractivity contribution in [1.29, 1.82) is 0 Å². The zero-order valence-corrected chi connectivity index (χ0v) is 12.7. The third kappa shape index (κ3) is 3.14. The minimum Gasteiger partial charge on any atom is -0.378 e. The van der Waals surface area contributed by atoms with Crippen molar-refractivity contribution in [2.45, 2.75) is 17.4 Å². The summed E-state index contributed by atoms with van der Waals surface area (Å²) >= 11 is 7.92. The van der Waals surface area contributed by atoms with E-state index >= 15 is 0 Å². The first-order valence-electron chi connectivity index (χ1n) is 6.57. The summed E-state index contributed by atoms with van der Waals surface area (Å²) in [6, 6.07) is 12.6. The van der Waals surface area contributed by atoms with Crippen LogP contribution in [0, 0.1) is 10.1 Å². The number of nitro benzene ring substituents is 1. The zero-order chi connectivity index (χ0) is 14.8. The molecule has 1 aliphatic rings. The van der Waals surface area contributed by atoms with Gasteiger partial charge in [-0.3, -0.25) is 10.1 Å². The Bertz CT molecular complexity index is 676. The van der Waals surface area contributed by atoms with Crippen molar-refractivity contribution in [1.82, 2.24) is 0 Å². The molecule has 21 heavy (non-hydrogen) atoms. The molecule has 1 aliphatic heterocycles. The number of nitrogens with zero attached hydrogens (tertiary/aromatic N) is 1. The molecule has 2 aromatic rings. The Balaban J connectivity index is 1.83. The molecule has 4 nitrogen and oxygen atoms in total. The van der Waals surface area contributed by atoms with Gasteiger partial charge in [0.2, 0.25) is 0 Å². The smallest absolute Gasteiger partial charge is 0.269 e. The second-order valence-electron chi connectivity index (χ2n) is 4.82. The fourth-order valence-corrected chi connectivity index (χ4v) is 3.68. The summed E-state index contributed by atoms with van der Waals surface area (Å²) in [4.78, 5) is 11.5. The lowest BCUT2D eigenvalue weighted by Gasteiger charge is -2.27. The third-order valence-electron chi connectivity index (χ3n) is 3.43.